The molecule has 4 heteroatoms. The second-order valence-electron chi connectivity index (χ2n) is 5.60. The van der Waals surface area contributed by atoms with Crippen LogP contribution in [-0.4, -0.2) is 36.5 Å². The van der Waals surface area contributed by atoms with E-state index in [0.717, 1.165) is 17.0 Å². The fourth-order valence-corrected chi connectivity index (χ4v) is 2.47. The molecule has 0 aliphatic heterocycles. The van der Waals surface area contributed by atoms with Crippen molar-refractivity contribution in [3.05, 3.63) is 60.2 Å². The molecular weight excluding hydrogens is 290 g/mol. The maximum Gasteiger partial charge on any atom is 0.119 e. The largest absolute Gasteiger partial charge is 0.497 e. The number of ether oxygens (including phenoxy) is 1. The number of nitrogens with zero attached hydrogens (tertiary/aromatic N) is 1. The maximum absolute atomic E-state index is 10.6. The van der Waals surface area contributed by atoms with Crippen molar-refractivity contribution in [1.82, 2.24) is 0 Å². The Morgan fingerprint density at radius 3 is 2.39 bits per heavy atom. The van der Waals surface area contributed by atoms with Gasteiger partial charge < -0.3 is 19.8 Å². The Balaban J connectivity index is 2.15. The van der Waals surface area contributed by atoms with Gasteiger partial charge in [0, 0.05) is 18.8 Å². The van der Waals surface area contributed by atoms with Crippen molar-refractivity contribution in [3.63, 3.8) is 0 Å². The summed E-state index contributed by atoms with van der Waals surface area (Å²) in [5.41, 5.74) is 1.79. The van der Waals surface area contributed by atoms with Crippen molar-refractivity contribution < 1.29 is 14.9 Å². The van der Waals surface area contributed by atoms with Gasteiger partial charge in [0.15, 0.2) is 0 Å². The summed E-state index contributed by atoms with van der Waals surface area (Å²) in [5, 5.41) is 20.6. The van der Waals surface area contributed by atoms with Crippen LogP contribution < -0.4 is 9.64 Å². The van der Waals surface area contributed by atoms with Crippen molar-refractivity contribution in [2.24, 2.45) is 0 Å². The SMILES string of the molecule is CCC(O)CN(CC(O)c1cccc(OC)c1)c1ccccc1. The second-order valence-corrected chi connectivity index (χ2v) is 5.60. The Kier molecular flexibility index (Phi) is 6.44. The molecule has 0 radical (unpaired) electrons. The predicted molar refractivity (Wildman–Crippen MR) is 92.9 cm³/mol. The Morgan fingerprint density at radius 2 is 1.74 bits per heavy atom. The van der Waals surface area contributed by atoms with Gasteiger partial charge in [0.25, 0.3) is 0 Å². The van der Waals surface area contributed by atoms with Gasteiger partial charge in [-0.05, 0) is 36.2 Å². The molecule has 0 aromatic heterocycles. The number of hydrogen-bond acceptors (Lipinski definition) is 4. The van der Waals surface area contributed by atoms with Crippen molar-refractivity contribution in [1.29, 1.82) is 0 Å². The van der Waals surface area contributed by atoms with E-state index in [1.54, 1.807) is 7.11 Å². The van der Waals surface area contributed by atoms with Crippen LogP contribution in [0.5, 0.6) is 5.75 Å². The third kappa shape index (κ3) is 4.98. The van der Waals surface area contributed by atoms with Gasteiger partial charge >= 0.3 is 0 Å². The molecule has 0 amide bonds. The van der Waals surface area contributed by atoms with Gasteiger partial charge in [-0.2, -0.15) is 0 Å². The molecule has 0 fully saturated rings. The zero-order chi connectivity index (χ0) is 16.7. The normalized spacial score (nSPS) is 13.4. The molecule has 0 aliphatic rings. The van der Waals surface area contributed by atoms with Crippen LogP contribution in [0.25, 0.3) is 0 Å². The van der Waals surface area contributed by atoms with Gasteiger partial charge in [0.05, 0.1) is 19.3 Å². The minimum absolute atomic E-state index is 0.411. The van der Waals surface area contributed by atoms with E-state index in [0.29, 0.717) is 19.5 Å². The summed E-state index contributed by atoms with van der Waals surface area (Å²) < 4.78 is 5.21. The standard InChI is InChI=1S/C19H25NO3/c1-3-17(21)13-20(16-9-5-4-6-10-16)14-19(22)15-8-7-11-18(12-15)23-2/h4-12,17,19,21-22H,3,13-14H2,1-2H3. The lowest BCUT2D eigenvalue weighted by Gasteiger charge is -2.29. The summed E-state index contributed by atoms with van der Waals surface area (Å²) in [6, 6.07) is 17.3. The lowest BCUT2D eigenvalue weighted by Crippen LogP contribution is -2.35. The molecule has 2 unspecified atom stereocenters. The molecule has 2 N–H and O–H groups in total. The number of aliphatic hydroxyl groups is 2. The number of aliphatic hydroxyl groups excluding tert-OH is 2. The molecule has 23 heavy (non-hydrogen) atoms. The lowest BCUT2D eigenvalue weighted by atomic mass is 10.1. The third-order valence-electron chi connectivity index (χ3n) is 3.90. The van der Waals surface area contributed by atoms with Crippen molar-refractivity contribution in [2.45, 2.75) is 25.6 Å². The van der Waals surface area contributed by atoms with Crippen molar-refractivity contribution in [2.75, 3.05) is 25.1 Å². The van der Waals surface area contributed by atoms with Gasteiger partial charge in [-0.25, -0.2) is 0 Å². The first-order valence-electron chi connectivity index (χ1n) is 7.94. The highest BCUT2D eigenvalue weighted by molar-refractivity contribution is 5.46. The molecule has 0 saturated carbocycles. The van der Waals surface area contributed by atoms with E-state index >= 15 is 0 Å². The summed E-state index contributed by atoms with van der Waals surface area (Å²) in [6.45, 7) is 2.85. The van der Waals surface area contributed by atoms with Crippen molar-refractivity contribution >= 4 is 5.69 Å². The molecule has 0 bridgehead atoms. The van der Waals surface area contributed by atoms with Crippen LogP contribution in [0.1, 0.15) is 25.0 Å². The number of hydrogen-bond donors (Lipinski definition) is 2. The van der Waals surface area contributed by atoms with Gasteiger partial charge in [-0.3, -0.25) is 0 Å². The summed E-state index contributed by atoms with van der Waals surface area (Å²) in [5.74, 6) is 0.724. The smallest absolute Gasteiger partial charge is 0.119 e. The fourth-order valence-electron chi connectivity index (χ4n) is 2.47. The Morgan fingerprint density at radius 1 is 1.00 bits per heavy atom. The Bertz CT molecular complexity index is 588. The maximum atomic E-state index is 10.6. The van der Waals surface area contributed by atoms with E-state index in [9.17, 15) is 10.2 Å². The van der Waals surface area contributed by atoms with Crippen LogP contribution in [0.3, 0.4) is 0 Å². The van der Waals surface area contributed by atoms with Crippen LogP contribution >= 0.6 is 0 Å². The highest BCUT2D eigenvalue weighted by atomic mass is 16.5. The van der Waals surface area contributed by atoms with E-state index in [4.69, 9.17) is 4.74 Å². The number of methoxy groups -OCH3 is 1. The zero-order valence-electron chi connectivity index (χ0n) is 13.7. The first-order valence-corrected chi connectivity index (χ1v) is 7.94. The van der Waals surface area contributed by atoms with Gasteiger partial charge in [-0.15, -0.1) is 0 Å². The van der Waals surface area contributed by atoms with E-state index in [1.165, 1.54) is 0 Å². The Labute approximate surface area is 138 Å². The first kappa shape index (κ1) is 17.3. The van der Waals surface area contributed by atoms with Crippen LogP contribution in [0.15, 0.2) is 54.6 Å². The van der Waals surface area contributed by atoms with E-state index in [-0.39, 0.29) is 0 Å². The topological polar surface area (TPSA) is 52.9 Å². The lowest BCUT2D eigenvalue weighted by molar-refractivity contribution is 0.157. The Hall–Kier alpha value is -2.04. The molecular formula is C19H25NO3. The molecule has 0 heterocycles. The zero-order valence-corrected chi connectivity index (χ0v) is 13.7. The average Bonchev–Trinajstić information content (AvgIpc) is 2.61. The summed E-state index contributed by atoms with van der Waals surface area (Å²) in [7, 11) is 1.61. The van der Waals surface area contributed by atoms with Gasteiger partial charge in [0.2, 0.25) is 0 Å². The fraction of sp³-hybridized carbons (Fsp3) is 0.368. The van der Waals surface area contributed by atoms with E-state index < -0.39 is 12.2 Å². The van der Waals surface area contributed by atoms with Crippen LogP contribution in [0.4, 0.5) is 5.69 Å². The summed E-state index contributed by atoms with van der Waals surface area (Å²) in [4.78, 5) is 2.01. The van der Waals surface area contributed by atoms with Crippen LogP contribution in [0, 0.1) is 0 Å². The quantitative estimate of drug-likeness (QED) is 0.786. The number of rotatable bonds is 8. The highest BCUT2D eigenvalue weighted by Gasteiger charge is 2.17. The average molecular weight is 315 g/mol. The molecule has 4 nitrogen and oxygen atoms in total. The number of benzene rings is 2. The molecule has 2 aromatic rings. The number of anilines is 1. The number of para-hydroxylation sites is 1. The summed E-state index contributed by atoms with van der Waals surface area (Å²) >= 11 is 0. The molecule has 2 rings (SSSR count). The molecule has 2 atom stereocenters. The highest BCUT2D eigenvalue weighted by Crippen LogP contribution is 2.23. The summed E-state index contributed by atoms with van der Waals surface area (Å²) in [6.07, 6.45) is -0.402. The molecule has 2 aromatic carbocycles. The molecule has 0 aliphatic carbocycles. The monoisotopic (exact) mass is 315 g/mol. The molecule has 124 valence electrons. The third-order valence-corrected chi connectivity index (χ3v) is 3.90. The molecule has 0 saturated heterocycles. The van der Waals surface area contributed by atoms with Crippen LogP contribution in [-0.2, 0) is 0 Å². The molecule has 0 spiro atoms. The first-order chi connectivity index (χ1) is 11.1. The minimum atomic E-state index is -0.658. The van der Waals surface area contributed by atoms with Gasteiger partial charge in [-0.1, -0.05) is 37.3 Å². The van der Waals surface area contributed by atoms with E-state index in [2.05, 4.69) is 0 Å². The van der Waals surface area contributed by atoms with E-state index in [1.807, 2.05) is 66.4 Å². The second kappa shape index (κ2) is 8.56. The van der Waals surface area contributed by atoms with Crippen LogP contribution in [0.2, 0.25) is 0 Å². The van der Waals surface area contributed by atoms with Crippen molar-refractivity contribution in [3.8, 4) is 5.75 Å². The predicted octanol–water partition coefficient (Wildman–Crippen LogP) is 3.01. The minimum Gasteiger partial charge on any atom is -0.497 e. The van der Waals surface area contributed by atoms with Gasteiger partial charge in [0.1, 0.15) is 5.75 Å².